The highest BCUT2D eigenvalue weighted by molar-refractivity contribution is 9.10. The van der Waals surface area contributed by atoms with Crippen molar-refractivity contribution in [1.29, 1.82) is 0 Å². The first-order chi connectivity index (χ1) is 10.1. The zero-order valence-electron chi connectivity index (χ0n) is 11.3. The van der Waals surface area contributed by atoms with Gasteiger partial charge in [-0.15, -0.1) is 0 Å². The van der Waals surface area contributed by atoms with Gasteiger partial charge in [0.2, 0.25) is 5.95 Å². The third kappa shape index (κ3) is 2.54. The van der Waals surface area contributed by atoms with E-state index < -0.39 is 0 Å². The Bertz CT molecular complexity index is 816. The number of halogens is 2. The molecule has 2 heterocycles. The van der Waals surface area contributed by atoms with Gasteiger partial charge in [-0.1, -0.05) is 0 Å². The number of hydrogen-bond donors (Lipinski definition) is 3. The second-order valence-electron chi connectivity index (χ2n) is 4.48. The number of hydrogen-bond acceptors (Lipinski definition) is 5. The third-order valence-electron chi connectivity index (χ3n) is 3.05. The summed E-state index contributed by atoms with van der Waals surface area (Å²) in [4.78, 5) is 8.60. The van der Waals surface area contributed by atoms with Gasteiger partial charge in [0.15, 0.2) is 5.65 Å². The second kappa shape index (κ2) is 5.28. The molecule has 1 aromatic carbocycles. The normalized spacial score (nSPS) is 10.9. The zero-order valence-corrected chi connectivity index (χ0v) is 12.9. The highest BCUT2D eigenvalue weighted by Crippen LogP contribution is 2.29. The minimum atomic E-state index is -0.338. The molecule has 0 unspecified atom stereocenters. The Morgan fingerprint density at radius 1 is 1.29 bits per heavy atom. The van der Waals surface area contributed by atoms with Crippen LogP contribution in [-0.2, 0) is 0 Å². The molecule has 0 amide bonds. The summed E-state index contributed by atoms with van der Waals surface area (Å²) in [7, 11) is 1.73. The second-order valence-corrected chi connectivity index (χ2v) is 5.34. The minimum absolute atomic E-state index is 0.338. The van der Waals surface area contributed by atoms with Gasteiger partial charge in [0.1, 0.15) is 11.6 Å². The lowest BCUT2D eigenvalue weighted by Gasteiger charge is -2.11. The summed E-state index contributed by atoms with van der Waals surface area (Å²) in [5.74, 6) is 0.668. The van der Waals surface area contributed by atoms with Crippen molar-refractivity contribution in [2.75, 3.05) is 17.7 Å². The first kappa shape index (κ1) is 13.7. The van der Waals surface area contributed by atoms with Crippen LogP contribution in [0.5, 0.6) is 0 Å². The number of nitrogens with zero attached hydrogens (tertiary/aromatic N) is 3. The lowest BCUT2D eigenvalue weighted by molar-refractivity contribution is 0.621. The van der Waals surface area contributed by atoms with Gasteiger partial charge >= 0.3 is 0 Å². The van der Waals surface area contributed by atoms with Crippen LogP contribution in [0.3, 0.4) is 0 Å². The predicted octanol–water partition coefficient (Wildman–Crippen LogP) is 3.35. The lowest BCUT2D eigenvalue weighted by atomic mass is 10.2. The van der Waals surface area contributed by atoms with E-state index in [1.165, 1.54) is 6.07 Å². The molecule has 0 aliphatic rings. The predicted molar refractivity (Wildman–Crippen MR) is 83.4 cm³/mol. The van der Waals surface area contributed by atoms with Crippen molar-refractivity contribution in [3.8, 4) is 0 Å². The van der Waals surface area contributed by atoms with Crippen molar-refractivity contribution in [3.05, 3.63) is 34.2 Å². The molecule has 3 aromatic rings. The summed E-state index contributed by atoms with van der Waals surface area (Å²) in [6.07, 6.45) is 1.63. The van der Waals surface area contributed by atoms with E-state index in [9.17, 15) is 4.39 Å². The number of anilines is 3. The van der Waals surface area contributed by atoms with Gasteiger partial charge in [0, 0.05) is 12.7 Å². The number of benzene rings is 1. The molecule has 0 spiro atoms. The van der Waals surface area contributed by atoms with Crippen molar-refractivity contribution in [2.24, 2.45) is 0 Å². The van der Waals surface area contributed by atoms with Crippen LogP contribution in [0.2, 0.25) is 0 Å². The van der Waals surface area contributed by atoms with Crippen molar-refractivity contribution in [1.82, 2.24) is 20.2 Å². The van der Waals surface area contributed by atoms with E-state index in [4.69, 9.17) is 0 Å². The molecule has 6 nitrogen and oxygen atoms in total. The molecular formula is C13H12BrFN6. The Labute approximate surface area is 128 Å². The standard InChI is InChI=1S/C13H12BrFN6/c1-6-3-8(14)9(15)4-10(6)18-11-7-5-17-21-12(7)20-13(16-2)19-11/h3-5H,1-2H3,(H3,16,17,18,19,20,21). The van der Waals surface area contributed by atoms with Gasteiger partial charge in [0.05, 0.1) is 16.1 Å². The van der Waals surface area contributed by atoms with Gasteiger partial charge in [-0.25, -0.2) is 4.39 Å². The van der Waals surface area contributed by atoms with Crippen LogP contribution in [0.4, 0.5) is 21.8 Å². The molecular weight excluding hydrogens is 339 g/mol. The quantitative estimate of drug-likeness (QED) is 0.675. The van der Waals surface area contributed by atoms with E-state index in [1.807, 2.05) is 6.92 Å². The number of H-pyrrole nitrogens is 1. The van der Waals surface area contributed by atoms with E-state index >= 15 is 0 Å². The molecule has 0 saturated heterocycles. The van der Waals surface area contributed by atoms with Crippen LogP contribution < -0.4 is 10.6 Å². The monoisotopic (exact) mass is 350 g/mol. The Morgan fingerprint density at radius 2 is 2.10 bits per heavy atom. The zero-order chi connectivity index (χ0) is 15.0. The summed E-state index contributed by atoms with van der Waals surface area (Å²) >= 11 is 3.17. The average molecular weight is 351 g/mol. The van der Waals surface area contributed by atoms with Crippen LogP contribution in [0, 0.1) is 12.7 Å². The molecule has 0 radical (unpaired) electrons. The lowest BCUT2D eigenvalue weighted by Crippen LogP contribution is -2.02. The Kier molecular flexibility index (Phi) is 3.46. The molecule has 2 aromatic heterocycles. The smallest absolute Gasteiger partial charge is 0.226 e. The molecule has 3 N–H and O–H groups in total. The molecule has 21 heavy (non-hydrogen) atoms. The number of aromatic nitrogens is 4. The maximum Gasteiger partial charge on any atom is 0.226 e. The van der Waals surface area contributed by atoms with Crippen molar-refractivity contribution in [2.45, 2.75) is 6.92 Å². The van der Waals surface area contributed by atoms with E-state index in [-0.39, 0.29) is 5.82 Å². The molecule has 0 aliphatic carbocycles. The number of fused-ring (bicyclic) bond motifs is 1. The van der Waals surface area contributed by atoms with E-state index in [0.717, 1.165) is 10.9 Å². The van der Waals surface area contributed by atoms with Crippen LogP contribution >= 0.6 is 15.9 Å². The van der Waals surface area contributed by atoms with Gasteiger partial charge in [0.25, 0.3) is 0 Å². The Balaban J connectivity index is 2.09. The SMILES string of the molecule is CNc1nc(Nc2cc(F)c(Br)cc2C)c2cn[nH]c2n1. The topological polar surface area (TPSA) is 78.5 Å². The largest absolute Gasteiger partial charge is 0.357 e. The van der Waals surface area contributed by atoms with Crippen LogP contribution in [0.25, 0.3) is 11.0 Å². The Morgan fingerprint density at radius 3 is 2.86 bits per heavy atom. The first-order valence-electron chi connectivity index (χ1n) is 6.20. The van der Waals surface area contributed by atoms with Crippen LogP contribution in [0.1, 0.15) is 5.56 Å². The fraction of sp³-hybridized carbons (Fsp3) is 0.154. The van der Waals surface area contributed by atoms with Crippen molar-refractivity contribution >= 4 is 44.4 Å². The maximum absolute atomic E-state index is 13.7. The van der Waals surface area contributed by atoms with Crippen molar-refractivity contribution in [3.63, 3.8) is 0 Å². The Hall–Kier alpha value is -2.22. The third-order valence-corrected chi connectivity index (χ3v) is 3.66. The molecule has 3 rings (SSSR count). The van der Waals surface area contributed by atoms with E-state index in [1.54, 1.807) is 19.3 Å². The van der Waals surface area contributed by atoms with Gasteiger partial charge < -0.3 is 10.6 Å². The average Bonchev–Trinajstić information content (AvgIpc) is 2.93. The number of nitrogens with one attached hydrogen (secondary N) is 3. The highest BCUT2D eigenvalue weighted by Gasteiger charge is 2.11. The summed E-state index contributed by atoms with van der Waals surface area (Å²) in [5, 5.41) is 13.5. The highest BCUT2D eigenvalue weighted by atomic mass is 79.9. The molecule has 0 saturated carbocycles. The first-order valence-corrected chi connectivity index (χ1v) is 6.99. The minimum Gasteiger partial charge on any atom is -0.357 e. The molecule has 0 bridgehead atoms. The summed E-state index contributed by atoms with van der Waals surface area (Å²) in [6, 6.07) is 3.14. The molecule has 0 atom stereocenters. The van der Waals surface area contributed by atoms with Gasteiger partial charge in [-0.3, -0.25) is 5.10 Å². The molecule has 108 valence electrons. The summed E-state index contributed by atoms with van der Waals surface area (Å²) in [6.45, 7) is 1.89. The number of aryl methyl sites for hydroxylation is 1. The molecule has 0 aliphatic heterocycles. The van der Waals surface area contributed by atoms with Gasteiger partial charge in [-0.05, 0) is 40.5 Å². The fourth-order valence-corrected chi connectivity index (χ4v) is 2.41. The number of rotatable bonds is 3. The van der Waals surface area contributed by atoms with Gasteiger partial charge in [-0.2, -0.15) is 15.1 Å². The molecule has 0 fully saturated rings. The van der Waals surface area contributed by atoms with Crippen LogP contribution in [0.15, 0.2) is 22.8 Å². The number of aromatic amines is 1. The summed E-state index contributed by atoms with van der Waals surface area (Å²) in [5.41, 5.74) is 2.13. The van der Waals surface area contributed by atoms with Crippen LogP contribution in [-0.4, -0.2) is 27.2 Å². The summed E-state index contributed by atoms with van der Waals surface area (Å²) < 4.78 is 14.1. The van der Waals surface area contributed by atoms with E-state index in [0.29, 0.717) is 27.6 Å². The van der Waals surface area contributed by atoms with Crippen molar-refractivity contribution < 1.29 is 4.39 Å². The van der Waals surface area contributed by atoms with E-state index in [2.05, 4.69) is 46.7 Å². The fourth-order valence-electron chi connectivity index (χ4n) is 1.95. The molecule has 8 heteroatoms. The maximum atomic E-state index is 13.7.